The molecule has 0 aliphatic carbocycles. The number of nitrogens with zero attached hydrogens (tertiary/aromatic N) is 2. The van der Waals surface area contributed by atoms with E-state index in [1.54, 1.807) is 34.6 Å². The van der Waals surface area contributed by atoms with Gasteiger partial charge < -0.3 is 19.7 Å². The maximum absolute atomic E-state index is 12.6. The summed E-state index contributed by atoms with van der Waals surface area (Å²) in [5.41, 5.74) is 4.31. The molecular formula is C25H35N5O11S. The zero-order chi connectivity index (χ0) is 31.4. The number of esters is 1. The Morgan fingerprint density at radius 2 is 1.71 bits per heavy atom. The number of urea groups is 1. The highest BCUT2D eigenvalue weighted by Crippen LogP contribution is 2.30. The molecule has 4 N–H and O–H groups in total. The lowest BCUT2D eigenvalue weighted by atomic mass is 10.0. The Balaban J connectivity index is 1.47. The fourth-order valence-electron chi connectivity index (χ4n) is 4.35. The molecule has 0 spiro atoms. The van der Waals surface area contributed by atoms with Crippen molar-refractivity contribution >= 4 is 40.3 Å². The summed E-state index contributed by atoms with van der Waals surface area (Å²) in [4.78, 5) is 63.3. The molecule has 1 aromatic rings. The van der Waals surface area contributed by atoms with E-state index in [4.69, 9.17) is 14.0 Å². The van der Waals surface area contributed by atoms with Gasteiger partial charge in [-0.2, -0.15) is 13.5 Å². The summed E-state index contributed by atoms with van der Waals surface area (Å²) in [6.45, 7) is 8.67. The van der Waals surface area contributed by atoms with Crippen molar-refractivity contribution in [3.8, 4) is 5.75 Å². The summed E-state index contributed by atoms with van der Waals surface area (Å²) in [6.07, 6.45) is -0.596. The van der Waals surface area contributed by atoms with E-state index in [0.29, 0.717) is 10.6 Å². The van der Waals surface area contributed by atoms with Gasteiger partial charge in [0.25, 0.3) is 5.91 Å². The highest BCUT2D eigenvalue weighted by molar-refractivity contribution is 7.80. The third-order valence-electron chi connectivity index (χ3n) is 6.22. The van der Waals surface area contributed by atoms with Crippen LogP contribution in [0.4, 0.5) is 9.59 Å². The van der Waals surface area contributed by atoms with Crippen LogP contribution in [-0.4, -0.2) is 83.1 Å². The highest BCUT2D eigenvalue weighted by Gasteiger charge is 2.49. The first-order valence-electron chi connectivity index (χ1n) is 13.1. The second-order valence-corrected chi connectivity index (χ2v) is 12.2. The van der Waals surface area contributed by atoms with Gasteiger partial charge in [0.2, 0.25) is 5.91 Å². The predicted molar refractivity (Wildman–Crippen MR) is 143 cm³/mol. The molecule has 232 valence electrons. The fourth-order valence-corrected chi connectivity index (χ4v) is 4.74. The van der Waals surface area contributed by atoms with Crippen LogP contribution in [0.1, 0.15) is 53.0 Å². The van der Waals surface area contributed by atoms with E-state index in [1.807, 2.05) is 0 Å². The van der Waals surface area contributed by atoms with E-state index in [1.165, 1.54) is 24.3 Å². The number of hydrazine groups is 1. The van der Waals surface area contributed by atoms with Crippen LogP contribution in [0.2, 0.25) is 0 Å². The molecule has 1 unspecified atom stereocenters. The number of carbonyl (C=O) groups excluding carboxylic acids is 5. The second-order valence-electron chi connectivity index (χ2n) is 11.2. The standard InChI is InChI=1S/C25H35N5O11S/c1-14(2)20(22(33)40-25(3,4)5)26-23(34)39-17-9-6-15(7-10-17)12-19(31)27-28-21(32)18-11-8-16-13-29(18)24(35)30(16)41-42(36,37)38/h6-7,9-10,14,16,18,20H,8,11-13H2,1-5H3,(H,26,34)(H,27,31)(H,28,32)(H,36,37,38)/t16-,18+,20?/m1/s1. The smallest absolute Gasteiger partial charge is 0.418 e. The lowest BCUT2D eigenvalue weighted by Crippen LogP contribution is -2.54. The third kappa shape index (κ3) is 9.02. The number of fused-ring (bicyclic) bond motifs is 2. The zero-order valence-corrected chi connectivity index (χ0v) is 24.6. The lowest BCUT2D eigenvalue weighted by molar-refractivity contribution is -0.158. The Hall–Kier alpha value is -3.96. The number of rotatable bonds is 9. The molecule has 3 atom stereocenters. The molecular weight excluding hydrogens is 578 g/mol. The number of piperidine rings is 1. The summed E-state index contributed by atoms with van der Waals surface area (Å²) >= 11 is 0. The molecule has 2 fully saturated rings. The van der Waals surface area contributed by atoms with Crippen LogP contribution in [0.3, 0.4) is 0 Å². The predicted octanol–water partition coefficient (Wildman–Crippen LogP) is 0.834. The summed E-state index contributed by atoms with van der Waals surface area (Å²) in [7, 11) is -4.92. The molecule has 5 amide bonds. The van der Waals surface area contributed by atoms with Crippen molar-refractivity contribution in [1.82, 2.24) is 26.1 Å². The van der Waals surface area contributed by atoms with Gasteiger partial charge in [-0.1, -0.05) is 26.0 Å². The number of benzene rings is 1. The van der Waals surface area contributed by atoms with Crippen molar-refractivity contribution in [2.24, 2.45) is 5.92 Å². The summed E-state index contributed by atoms with van der Waals surface area (Å²) in [5, 5.41) is 3.02. The number of hydrogen-bond acceptors (Lipinski definition) is 10. The first-order valence-corrected chi connectivity index (χ1v) is 14.5. The van der Waals surface area contributed by atoms with Crippen LogP contribution in [0.25, 0.3) is 0 Å². The molecule has 2 aliphatic heterocycles. The van der Waals surface area contributed by atoms with E-state index >= 15 is 0 Å². The van der Waals surface area contributed by atoms with Gasteiger partial charge in [0.05, 0.1) is 12.5 Å². The monoisotopic (exact) mass is 613 g/mol. The van der Waals surface area contributed by atoms with Gasteiger partial charge in [-0.05, 0) is 57.2 Å². The van der Waals surface area contributed by atoms with Crippen LogP contribution in [-0.2, 0) is 40.2 Å². The van der Waals surface area contributed by atoms with Crippen LogP contribution in [0.5, 0.6) is 5.75 Å². The number of hydrogen-bond donors (Lipinski definition) is 4. The fraction of sp³-hybridized carbons (Fsp3) is 0.560. The Morgan fingerprint density at radius 1 is 1.07 bits per heavy atom. The SMILES string of the molecule is CC(C)C(NC(=O)Oc1ccc(CC(=O)NNC(=O)[C@@H]2CC[C@@H]3CN2C(=O)N3OS(=O)(=O)O)cc1)C(=O)OC(C)(C)C. The Kier molecular flexibility index (Phi) is 10.0. The van der Waals surface area contributed by atoms with Crippen molar-refractivity contribution < 1.29 is 50.7 Å². The van der Waals surface area contributed by atoms with Crippen LogP contribution in [0.15, 0.2) is 24.3 Å². The average molecular weight is 614 g/mol. The number of ether oxygens (including phenoxy) is 2. The van der Waals surface area contributed by atoms with Gasteiger partial charge >= 0.3 is 28.5 Å². The largest absolute Gasteiger partial charge is 0.458 e. The number of amides is 5. The molecule has 0 saturated carbocycles. The van der Waals surface area contributed by atoms with Gasteiger partial charge in [0.1, 0.15) is 23.4 Å². The van der Waals surface area contributed by atoms with E-state index in [9.17, 15) is 32.4 Å². The van der Waals surface area contributed by atoms with Crippen molar-refractivity contribution in [1.29, 1.82) is 0 Å². The van der Waals surface area contributed by atoms with Crippen molar-refractivity contribution in [3.05, 3.63) is 29.8 Å². The van der Waals surface area contributed by atoms with Gasteiger partial charge in [-0.3, -0.25) is 25.0 Å². The molecule has 42 heavy (non-hydrogen) atoms. The molecule has 0 radical (unpaired) electrons. The molecule has 1 aromatic carbocycles. The maximum Gasteiger partial charge on any atom is 0.418 e. The normalized spacial score (nSPS) is 19.3. The van der Waals surface area contributed by atoms with Crippen molar-refractivity contribution in [2.75, 3.05) is 6.54 Å². The van der Waals surface area contributed by atoms with Crippen LogP contribution >= 0.6 is 0 Å². The molecule has 2 heterocycles. The molecule has 17 heteroatoms. The highest BCUT2D eigenvalue weighted by atomic mass is 32.3. The number of hydroxylamine groups is 2. The summed E-state index contributed by atoms with van der Waals surface area (Å²) < 4.78 is 45.8. The average Bonchev–Trinajstić information content (AvgIpc) is 3.09. The van der Waals surface area contributed by atoms with E-state index in [0.717, 1.165) is 4.90 Å². The van der Waals surface area contributed by atoms with Gasteiger partial charge in [0.15, 0.2) is 0 Å². The minimum atomic E-state index is -4.92. The van der Waals surface area contributed by atoms with E-state index < -0.39 is 64.0 Å². The lowest BCUT2D eigenvalue weighted by Gasteiger charge is -2.29. The zero-order valence-electron chi connectivity index (χ0n) is 23.8. The molecule has 2 bridgehead atoms. The first kappa shape index (κ1) is 32.6. The van der Waals surface area contributed by atoms with E-state index in [-0.39, 0.29) is 37.5 Å². The Bertz CT molecular complexity index is 1310. The van der Waals surface area contributed by atoms with Crippen molar-refractivity contribution in [3.63, 3.8) is 0 Å². The molecule has 3 rings (SSSR count). The quantitative estimate of drug-likeness (QED) is 0.174. The molecule has 2 saturated heterocycles. The third-order valence-corrected chi connectivity index (χ3v) is 6.57. The molecule has 16 nitrogen and oxygen atoms in total. The molecule has 0 aromatic heterocycles. The first-order chi connectivity index (χ1) is 19.4. The second kappa shape index (κ2) is 12.9. The van der Waals surface area contributed by atoms with Crippen LogP contribution in [0, 0.1) is 5.92 Å². The minimum Gasteiger partial charge on any atom is -0.458 e. The van der Waals surface area contributed by atoms with Crippen molar-refractivity contribution in [2.45, 2.75) is 77.6 Å². The van der Waals surface area contributed by atoms with Gasteiger partial charge in [-0.25, -0.2) is 14.4 Å². The summed E-state index contributed by atoms with van der Waals surface area (Å²) in [6, 6.07) is 2.51. The maximum atomic E-state index is 12.6. The number of carbonyl (C=O) groups is 5. The van der Waals surface area contributed by atoms with Gasteiger partial charge in [0, 0.05) is 6.54 Å². The van der Waals surface area contributed by atoms with Gasteiger partial charge in [-0.15, -0.1) is 4.28 Å². The Morgan fingerprint density at radius 3 is 2.29 bits per heavy atom. The minimum absolute atomic E-state index is 0.00591. The van der Waals surface area contributed by atoms with E-state index in [2.05, 4.69) is 20.5 Å². The molecule has 2 aliphatic rings. The Labute approximate surface area is 242 Å². The topological polar surface area (TPSA) is 210 Å². The summed E-state index contributed by atoms with van der Waals surface area (Å²) in [5.74, 6) is -1.95. The van der Waals surface area contributed by atoms with Crippen LogP contribution < -0.4 is 20.9 Å². The number of nitrogens with one attached hydrogen (secondary N) is 3.